The fourth-order valence-corrected chi connectivity index (χ4v) is 2.90. The number of aromatic nitrogens is 3. The molecule has 0 saturated carbocycles. The molecular formula is C12H5Cl2N3O2S. The number of nitrogens with zero attached hydrogens (tertiary/aromatic N) is 3. The molecule has 0 bridgehead atoms. The van der Waals surface area contributed by atoms with Crippen LogP contribution < -0.4 is 15.7 Å². The molecule has 1 aromatic carbocycles. The largest absolute Gasteiger partial charge is 0.292 e. The van der Waals surface area contributed by atoms with Crippen molar-refractivity contribution < 1.29 is 0 Å². The number of benzene rings is 1. The monoisotopic (exact) mass is 325 g/mol. The van der Waals surface area contributed by atoms with E-state index < -0.39 is 5.56 Å². The van der Waals surface area contributed by atoms with Crippen LogP contribution in [0, 0.1) is 0 Å². The Kier molecular flexibility index (Phi) is 3.29. The average molecular weight is 326 g/mol. The van der Waals surface area contributed by atoms with Crippen LogP contribution in [0.2, 0.25) is 10.0 Å². The standard InChI is InChI=1S/C12H5Cl2N3O2S/c13-7-1-2-8(14)6(3-7)4-9-11(19)17-12(20-9)16-10(18)5-15-17/h1-5H. The third kappa shape index (κ3) is 2.33. The molecule has 0 aliphatic heterocycles. The number of fused-ring (bicyclic) bond motifs is 1. The second kappa shape index (κ2) is 4.97. The predicted octanol–water partition coefficient (Wildman–Crippen LogP) is 1.37. The number of thiazole rings is 1. The van der Waals surface area contributed by atoms with Gasteiger partial charge in [0.1, 0.15) is 6.20 Å². The Morgan fingerprint density at radius 1 is 1.25 bits per heavy atom. The zero-order valence-electron chi connectivity index (χ0n) is 9.71. The third-order valence-electron chi connectivity index (χ3n) is 2.52. The van der Waals surface area contributed by atoms with Gasteiger partial charge < -0.3 is 0 Å². The fourth-order valence-electron chi connectivity index (χ4n) is 1.64. The van der Waals surface area contributed by atoms with Crippen LogP contribution in [-0.2, 0) is 0 Å². The first kappa shape index (κ1) is 13.2. The first-order valence-electron chi connectivity index (χ1n) is 5.40. The first-order valence-corrected chi connectivity index (χ1v) is 6.97. The van der Waals surface area contributed by atoms with Gasteiger partial charge in [0.05, 0.1) is 4.53 Å². The lowest BCUT2D eigenvalue weighted by atomic mass is 10.2. The number of hydrogen-bond donors (Lipinski definition) is 0. The zero-order valence-corrected chi connectivity index (χ0v) is 12.0. The second-order valence-corrected chi connectivity index (χ2v) is 5.72. The van der Waals surface area contributed by atoms with Crippen molar-refractivity contribution in [3.63, 3.8) is 0 Å². The van der Waals surface area contributed by atoms with E-state index in [1.165, 1.54) is 0 Å². The lowest BCUT2D eigenvalue weighted by Gasteiger charge is -1.97. The van der Waals surface area contributed by atoms with Crippen molar-refractivity contribution >= 4 is 45.6 Å². The summed E-state index contributed by atoms with van der Waals surface area (Å²) in [6.07, 6.45) is 2.60. The van der Waals surface area contributed by atoms with Crippen molar-refractivity contribution in [3.05, 3.63) is 65.2 Å². The maximum atomic E-state index is 12.1. The maximum Gasteiger partial charge on any atom is 0.292 e. The summed E-state index contributed by atoms with van der Waals surface area (Å²) < 4.78 is 1.45. The summed E-state index contributed by atoms with van der Waals surface area (Å²) in [6, 6.07) is 4.96. The predicted molar refractivity (Wildman–Crippen MR) is 78.7 cm³/mol. The second-order valence-electron chi connectivity index (χ2n) is 3.87. The van der Waals surface area contributed by atoms with Gasteiger partial charge in [0.2, 0.25) is 4.96 Å². The van der Waals surface area contributed by atoms with Crippen LogP contribution >= 0.6 is 34.5 Å². The summed E-state index contributed by atoms with van der Waals surface area (Å²) in [5, 5.41) is 4.73. The van der Waals surface area contributed by atoms with Gasteiger partial charge in [0.15, 0.2) is 0 Å². The fraction of sp³-hybridized carbons (Fsp3) is 0. The lowest BCUT2D eigenvalue weighted by Crippen LogP contribution is -2.25. The first-order chi connectivity index (χ1) is 9.54. The summed E-state index contributed by atoms with van der Waals surface area (Å²) in [5.74, 6) is 0. The topological polar surface area (TPSA) is 64.3 Å². The molecular weight excluding hydrogens is 321 g/mol. The van der Waals surface area contributed by atoms with Crippen molar-refractivity contribution in [2.24, 2.45) is 0 Å². The molecule has 0 amide bonds. The van der Waals surface area contributed by atoms with E-state index in [-0.39, 0.29) is 10.5 Å². The highest BCUT2D eigenvalue weighted by Gasteiger charge is 2.06. The summed E-state index contributed by atoms with van der Waals surface area (Å²) in [4.78, 5) is 27.2. The molecule has 0 fully saturated rings. The number of halogens is 2. The molecule has 2 aromatic heterocycles. The SMILES string of the molecule is O=c1cnn2c(=O)c(=Cc3cc(Cl)ccc3Cl)sc2n1. The molecule has 8 heteroatoms. The Morgan fingerprint density at radius 2 is 2.05 bits per heavy atom. The molecule has 3 aromatic rings. The van der Waals surface area contributed by atoms with Crippen LogP contribution in [0.4, 0.5) is 0 Å². The van der Waals surface area contributed by atoms with E-state index >= 15 is 0 Å². The zero-order chi connectivity index (χ0) is 14.3. The molecule has 2 heterocycles. The minimum atomic E-state index is -0.487. The molecule has 0 saturated heterocycles. The van der Waals surface area contributed by atoms with Crippen LogP contribution in [0.5, 0.6) is 0 Å². The lowest BCUT2D eigenvalue weighted by molar-refractivity contribution is 0.866. The normalized spacial score (nSPS) is 12.2. The highest BCUT2D eigenvalue weighted by Crippen LogP contribution is 2.21. The van der Waals surface area contributed by atoms with E-state index in [1.54, 1.807) is 24.3 Å². The number of rotatable bonds is 1. The van der Waals surface area contributed by atoms with E-state index in [1.807, 2.05) is 0 Å². The van der Waals surface area contributed by atoms with Crippen molar-refractivity contribution in [3.8, 4) is 0 Å². The van der Waals surface area contributed by atoms with Gasteiger partial charge in [0, 0.05) is 10.0 Å². The van der Waals surface area contributed by atoms with Gasteiger partial charge in [-0.3, -0.25) is 9.59 Å². The van der Waals surface area contributed by atoms with Crippen LogP contribution in [-0.4, -0.2) is 14.6 Å². The molecule has 3 rings (SSSR count). The molecule has 0 N–H and O–H groups in total. The molecule has 0 aliphatic carbocycles. The molecule has 0 radical (unpaired) electrons. The Hall–Kier alpha value is -1.76. The van der Waals surface area contributed by atoms with Gasteiger partial charge in [-0.25, -0.2) is 0 Å². The van der Waals surface area contributed by atoms with E-state index in [9.17, 15) is 9.59 Å². The highest BCUT2D eigenvalue weighted by molar-refractivity contribution is 7.15. The third-order valence-corrected chi connectivity index (χ3v) is 4.06. The van der Waals surface area contributed by atoms with Crippen LogP contribution in [0.15, 0.2) is 34.0 Å². The van der Waals surface area contributed by atoms with Gasteiger partial charge in [-0.15, -0.1) is 0 Å². The average Bonchev–Trinajstić information content (AvgIpc) is 2.70. The van der Waals surface area contributed by atoms with Gasteiger partial charge in [-0.05, 0) is 29.8 Å². The van der Waals surface area contributed by atoms with Crippen molar-refractivity contribution in [1.29, 1.82) is 0 Å². The summed E-state index contributed by atoms with van der Waals surface area (Å²) in [6.45, 7) is 0. The quantitative estimate of drug-likeness (QED) is 0.677. The molecule has 5 nitrogen and oxygen atoms in total. The Morgan fingerprint density at radius 3 is 2.85 bits per heavy atom. The van der Waals surface area contributed by atoms with Gasteiger partial charge in [-0.2, -0.15) is 14.6 Å². The van der Waals surface area contributed by atoms with E-state index in [4.69, 9.17) is 23.2 Å². The van der Waals surface area contributed by atoms with Crippen molar-refractivity contribution in [2.45, 2.75) is 0 Å². The van der Waals surface area contributed by atoms with Gasteiger partial charge >= 0.3 is 0 Å². The smallest absolute Gasteiger partial charge is 0.266 e. The van der Waals surface area contributed by atoms with Gasteiger partial charge in [-0.1, -0.05) is 34.5 Å². The minimum Gasteiger partial charge on any atom is -0.266 e. The van der Waals surface area contributed by atoms with Crippen LogP contribution in [0.25, 0.3) is 11.0 Å². The molecule has 20 heavy (non-hydrogen) atoms. The molecule has 100 valence electrons. The molecule has 0 aliphatic rings. The molecule has 0 atom stereocenters. The van der Waals surface area contributed by atoms with Crippen LogP contribution in [0.1, 0.15) is 5.56 Å². The summed E-state index contributed by atoms with van der Waals surface area (Å²) in [5.41, 5.74) is -0.224. The Bertz CT molecular complexity index is 981. The Balaban J connectivity index is 2.31. The van der Waals surface area contributed by atoms with Crippen LogP contribution in [0.3, 0.4) is 0 Å². The van der Waals surface area contributed by atoms with E-state index in [2.05, 4.69) is 10.1 Å². The molecule has 0 spiro atoms. The maximum absolute atomic E-state index is 12.1. The highest BCUT2D eigenvalue weighted by atomic mass is 35.5. The summed E-state index contributed by atoms with van der Waals surface area (Å²) in [7, 11) is 0. The van der Waals surface area contributed by atoms with Crippen molar-refractivity contribution in [2.75, 3.05) is 0 Å². The Labute approximate surface area is 125 Å². The van der Waals surface area contributed by atoms with Crippen molar-refractivity contribution in [1.82, 2.24) is 14.6 Å². The van der Waals surface area contributed by atoms with Gasteiger partial charge in [0.25, 0.3) is 11.1 Å². The number of hydrogen-bond acceptors (Lipinski definition) is 5. The minimum absolute atomic E-state index is 0.243. The summed E-state index contributed by atoms with van der Waals surface area (Å²) >= 11 is 13.0. The van der Waals surface area contributed by atoms with E-state index in [0.29, 0.717) is 20.1 Å². The van der Waals surface area contributed by atoms with E-state index in [0.717, 1.165) is 22.0 Å². The molecule has 0 unspecified atom stereocenters.